The maximum absolute atomic E-state index is 12.6. The van der Waals surface area contributed by atoms with Gasteiger partial charge in [-0.3, -0.25) is 9.69 Å². The molecule has 3 aromatic rings. The van der Waals surface area contributed by atoms with Crippen LogP contribution in [0.2, 0.25) is 0 Å². The van der Waals surface area contributed by atoms with Gasteiger partial charge in [0.15, 0.2) is 0 Å². The molecule has 6 nitrogen and oxygen atoms in total. The van der Waals surface area contributed by atoms with Gasteiger partial charge in [0.05, 0.1) is 12.2 Å². The Morgan fingerprint density at radius 2 is 1.90 bits per heavy atom. The first-order chi connectivity index (χ1) is 14.7. The van der Waals surface area contributed by atoms with Crippen LogP contribution >= 0.6 is 0 Å². The van der Waals surface area contributed by atoms with Crippen LogP contribution in [-0.2, 0) is 6.54 Å². The fourth-order valence-corrected chi connectivity index (χ4v) is 4.29. The van der Waals surface area contributed by atoms with Gasteiger partial charge in [-0.2, -0.15) is 0 Å². The van der Waals surface area contributed by atoms with Gasteiger partial charge in [0.1, 0.15) is 5.75 Å². The molecular weight excluding hydrogens is 390 g/mol. The average molecular weight is 422 g/mol. The van der Waals surface area contributed by atoms with E-state index in [9.17, 15) is 15.0 Å². The Balaban J connectivity index is 1.60. The van der Waals surface area contributed by atoms with Crippen molar-refractivity contribution >= 4 is 16.8 Å². The van der Waals surface area contributed by atoms with Crippen LogP contribution < -0.4 is 5.32 Å². The number of nitrogens with one attached hydrogen (secondary N) is 2. The Morgan fingerprint density at radius 3 is 2.65 bits per heavy atom. The fraction of sp³-hybridized carbons (Fsp3) is 0.400. The summed E-state index contributed by atoms with van der Waals surface area (Å²) in [5, 5.41) is 23.8. The standard InChI is InChI=1S/C25H31N3O3/c1-25(2,3)27-24(31)21-13-17(7-9-23(21)30)16-6-8-22-18(11-16)12-19(26-22)14-28-10-4-5-20(28)15-29/h6-9,11-13,20,26,29-30H,4-5,10,14-15H2,1-3H3,(H,27,31)/t20-/m1/s1. The number of likely N-dealkylation sites (tertiary alicyclic amines) is 1. The van der Waals surface area contributed by atoms with Crippen molar-refractivity contribution in [2.24, 2.45) is 0 Å². The number of fused-ring (bicyclic) bond motifs is 1. The molecule has 2 heterocycles. The van der Waals surface area contributed by atoms with Crippen molar-refractivity contribution in [1.82, 2.24) is 15.2 Å². The molecule has 164 valence electrons. The number of aliphatic hydroxyl groups is 1. The number of aliphatic hydroxyl groups excluding tert-OH is 1. The second kappa shape index (κ2) is 8.36. The summed E-state index contributed by atoms with van der Waals surface area (Å²) < 4.78 is 0. The number of phenolic OH excluding ortho intramolecular Hbond substituents is 1. The van der Waals surface area contributed by atoms with Gasteiger partial charge in [-0.1, -0.05) is 12.1 Å². The molecule has 4 rings (SSSR count). The van der Waals surface area contributed by atoms with Gasteiger partial charge in [-0.05, 0) is 81.6 Å². The van der Waals surface area contributed by atoms with Crippen molar-refractivity contribution in [2.45, 2.75) is 51.7 Å². The van der Waals surface area contributed by atoms with Crippen LogP contribution in [0.3, 0.4) is 0 Å². The molecule has 0 saturated carbocycles. The van der Waals surface area contributed by atoms with E-state index >= 15 is 0 Å². The first-order valence-corrected chi connectivity index (χ1v) is 10.9. The number of rotatable bonds is 5. The van der Waals surface area contributed by atoms with E-state index in [-0.39, 0.29) is 35.4 Å². The van der Waals surface area contributed by atoms with Crippen molar-refractivity contribution in [2.75, 3.05) is 13.2 Å². The smallest absolute Gasteiger partial charge is 0.255 e. The van der Waals surface area contributed by atoms with Gasteiger partial charge in [-0.15, -0.1) is 0 Å². The lowest BCUT2D eigenvalue weighted by Gasteiger charge is -2.21. The molecule has 0 bridgehead atoms. The molecule has 1 amide bonds. The van der Waals surface area contributed by atoms with Gasteiger partial charge in [0, 0.05) is 34.7 Å². The number of amides is 1. The van der Waals surface area contributed by atoms with Gasteiger partial charge in [0.25, 0.3) is 5.91 Å². The zero-order valence-electron chi connectivity index (χ0n) is 18.4. The highest BCUT2D eigenvalue weighted by Gasteiger charge is 2.24. The number of aromatic nitrogens is 1. The number of nitrogens with zero attached hydrogens (tertiary/aromatic N) is 1. The third-order valence-corrected chi connectivity index (χ3v) is 5.82. The van der Waals surface area contributed by atoms with E-state index in [4.69, 9.17) is 0 Å². The van der Waals surface area contributed by atoms with E-state index in [2.05, 4.69) is 27.3 Å². The largest absolute Gasteiger partial charge is 0.507 e. The quantitative estimate of drug-likeness (QED) is 0.501. The minimum Gasteiger partial charge on any atom is -0.507 e. The highest BCUT2D eigenvalue weighted by molar-refractivity contribution is 5.98. The number of aromatic amines is 1. The molecule has 6 heteroatoms. The van der Waals surface area contributed by atoms with Gasteiger partial charge in [-0.25, -0.2) is 0 Å². The Bertz CT molecular complexity index is 1100. The number of hydrogen-bond acceptors (Lipinski definition) is 4. The number of carbonyl (C=O) groups excluding carboxylic acids is 1. The summed E-state index contributed by atoms with van der Waals surface area (Å²) in [5.74, 6) is -0.319. The van der Waals surface area contributed by atoms with E-state index in [1.54, 1.807) is 12.1 Å². The third-order valence-electron chi connectivity index (χ3n) is 5.82. The zero-order valence-corrected chi connectivity index (χ0v) is 18.4. The first-order valence-electron chi connectivity index (χ1n) is 10.9. The lowest BCUT2D eigenvalue weighted by atomic mass is 10.00. The number of carbonyl (C=O) groups is 1. The Kier molecular flexibility index (Phi) is 5.77. The Morgan fingerprint density at radius 1 is 1.16 bits per heavy atom. The third kappa shape index (κ3) is 4.75. The van der Waals surface area contributed by atoms with E-state index in [1.807, 2.05) is 39.0 Å². The average Bonchev–Trinajstić information content (AvgIpc) is 3.32. The molecule has 1 aromatic heterocycles. The zero-order chi connectivity index (χ0) is 22.2. The van der Waals surface area contributed by atoms with Crippen LogP contribution in [0.5, 0.6) is 5.75 Å². The second-order valence-electron chi connectivity index (χ2n) is 9.48. The highest BCUT2D eigenvalue weighted by atomic mass is 16.3. The van der Waals surface area contributed by atoms with Gasteiger partial charge >= 0.3 is 0 Å². The SMILES string of the molecule is CC(C)(C)NC(=O)c1cc(-c2ccc3[nH]c(CN4CCC[C@@H]4CO)cc3c2)ccc1O. The van der Waals surface area contributed by atoms with Gasteiger partial charge < -0.3 is 20.5 Å². The molecule has 1 fully saturated rings. The Labute approximate surface area is 182 Å². The number of aromatic hydroxyl groups is 1. The van der Waals surface area contributed by atoms with E-state index in [0.29, 0.717) is 0 Å². The number of phenols is 1. The maximum atomic E-state index is 12.6. The van der Waals surface area contributed by atoms with Crippen LogP contribution in [0.1, 0.15) is 49.7 Å². The molecule has 0 spiro atoms. The minimum absolute atomic E-state index is 0.0282. The van der Waals surface area contributed by atoms with Crippen molar-refractivity contribution in [1.29, 1.82) is 0 Å². The lowest BCUT2D eigenvalue weighted by molar-refractivity contribution is 0.0917. The maximum Gasteiger partial charge on any atom is 0.255 e. The summed E-state index contributed by atoms with van der Waals surface area (Å²) in [5.41, 5.74) is 3.93. The molecule has 1 aliphatic rings. The fourth-order valence-electron chi connectivity index (χ4n) is 4.29. The molecule has 1 aliphatic heterocycles. The van der Waals surface area contributed by atoms with Gasteiger partial charge in [0.2, 0.25) is 0 Å². The predicted octanol–water partition coefficient (Wildman–Crippen LogP) is 4.03. The monoisotopic (exact) mass is 421 g/mol. The Hall–Kier alpha value is -2.83. The molecule has 4 N–H and O–H groups in total. The van der Waals surface area contributed by atoms with Crippen molar-refractivity contribution in [3.8, 4) is 16.9 Å². The van der Waals surface area contributed by atoms with Crippen molar-refractivity contribution in [3.63, 3.8) is 0 Å². The molecule has 0 unspecified atom stereocenters. The number of benzene rings is 2. The summed E-state index contributed by atoms with van der Waals surface area (Å²) in [7, 11) is 0. The summed E-state index contributed by atoms with van der Waals surface area (Å²) in [6.07, 6.45) is 2.18. The second-order valence-corrected chi connectivity index (χ2v) is 9.48. The van der Waals surface area contributed by atoms with Crippen LogP contribution in [0.15, 0.2) is 42.5 Å². The number of H-pyrrole nitrogens is 1. The van der Waals surface area contributed by atoms with Crippen LogP contribution in [0.25, 0.3) is 22.0 Å². The van der Waals surface area contributed by atoms with E-state index in [1.165, 1.54) is 0 Å². The molecule has 2 aromatic carbocycles. The lowest BCUT2D eigenvalue weighted by Crippen LogP contribution is -2.40. The predicted molar refractivity (Wildman–Crippen MR) is 123 cm³/mol. The highest BCUT2D eigenvalue weighted by Crippen LogP contribution is 2.30. The molecule has 0 radical (unpaired) electrons. The molecule has 0 aliphatic carbocycles. The van der Waals surface area contributed by atoms with Crippen LogP contribution in [-0.4, -0.2) is 50.7 Å². The van der Waals surface area contributed by atoms with E-state index < -0.39 is 0 Å². The summed E-state index contributed by atoms with van der Waals surface area (Å²) in [6.45, 7) is 7.75. The summed E-state index contributed by atoms with van der Waals surface area (Å²) in [6, 6.07) is 13.7. The summed E-state index contributed by atoms with van der Waals surface area (Å²) in [4.78, 5) is 18.4. The number of hydrogen-bond donors (Lipinski definition) is 4. The normalized spacial score (nSPS) is 17.4. The molecule has 1 atom stereocenters. The first kappa shape index (κ1) is 21.4. The van der Waals surface area contributed by atoms with E-state index in [0.717, 1.165) is 53.7 Å². The minimum atomic E-state index is -0.385. The molecular formula is C25H31N3O3. The topological polar surface area (TPSA) is 88.6 Å². The van der Waals surface area contributed by atoms with Crippen LogP contribution in [0.4, 0.5) is 0 Å². The summed E-state index contributed by atoms with van der Waals surface area (Å²) >= 11 is 0. The molecule has 31 heavy (non-hydrogen) atoms. The van der Waals surface area contributed by atoms with Crippen molar-refractivity contribution < 1.29 is 15.0 Å². The van der Waals surface area contributed by atoms with Crippen molar-refractivity contribution in [3.05, 3.63) is 53.7 Å². The molecule has 1 saturated heterocycles. The van der Waals surface area contributed by atoms with Crippen LogP contribution in [0, 0.1) is 0 Å².